The van der Waals surface area contributed by atoms with Gasteiger partial charge in [0, 0.05) is 29.6 Å². The van der Waals surface area contributed by atoms with E-state index in [4.69, 9.17) is 0 Å². The van der Waals surface area contributed by atoms with Gasteiger partial charge < -0.3 is 10.3 Å². The van der Waals surface area contributed by atoms with Crippen LogP contribution in [0, 0.1) is 17.0 Å². The number of rotatable bonds is 4. The Bertz CT molecular complexity index is 1040. The maximum absolute atomic E-state index is 12.5. The summed E-state index contributed by atoms with van der Waals surface area (Å²) in [6.07, 6.45) is 0. The molecule has 0 spiro atoms. The molecule has 126 valence electrons. The summed E-state index contributed by atoms with van der Waals surface area (Å²) in [4.78, 5) is 37.5. The molecule has 2 N–H and O–H groups in total. The van der Waals surface area contributed by atoms with Crippen LogP contribution in [0.1, 0.15) is 21.5 Å². The fraction of sp³-hybridized carbons (Fsp3) is 0.111. The molecule has 2 aromatic carbocycles. The van der Waals surface area contributed by atoms with Gasteiger partial charge in [0.1, 0.15) is 5.56 Å². The number of fused-ring (bicyclic) bond motifs is 1. The monoisotopic (exact) mass is 337 g/mol. The third-order valence-electron chi connectivity index (χ3n) is 3.95. The number of aromatic amines is 1. The van der Waals surface area contributed by atoms with Crippen LogP contribution in [0.5, 0.6) is 0 Å². The van der Waals surface area contributed by atoms with E-state index in [1.165, 1.54) is 18.2 Å². The van der Waals surface area contributed by atoms with Gasteiger partial charge in [-0.2, -0.15) is 0 Å². The minimum absolute atomic E-state index is 0.0293. The van der Waals surface area contributed by atoms with E-state index in [1.54, 1.807) is 25.1 Å². The van der Waals surface area contributed by atoms with Gasteiger partial charge in [-0.25, -0.2) is 0 Å². The lowest BCUT2D eigenvalue weighted by Crippen LogP contribution is -2.25. The number of hydrogen-bond acceptors (Lipinski definition) is 4. The van der Waals surface area contributed by atoms with E-state index >= 15 is 0 Å². The van der Waals surface area contributed by atoms with Crippen molar-refractivity contribution in [3.05, 3.63) is 85.7 Å². The van der Waals surface area contributed by atoms with Crippen molar-refractivity contribution in [3.63, 3.8) is 0 Å². The first kappa shape index (κ1) is 16.4. The molecule has 7 nitrogen and oxygen atoms in total. The number of carbonyl (C=O) groups excluding carboxylic acids is 1. The Labute approximate surface area is 142 Å². The number of nitrogens with zero attached hydrogens (tertiary/aromatic N) is 1. The molecule has 0 aliphatic rings. The molecule has 0 unspecified atom stereocenters. The Morgan fingerprint density at radius 3 is 2.72 bits per heavy atom. The summed E-state index contributed by atoms with van der Waals surface area (Å²) >= 11 is 0. The number of aryl methyl sites for hydroxylation is 1. The summed E-state index contributed by atoms with van der Waals surface area (Å²) in [5.41, 5.74) is 1.34. The van der Waals surface area contributed by atoms with Crippen LogP contribution in [0.25, 0.3) is 10.9 Å². The molecule has 0 aliphatic carbocycles. The van der Waals surface area contributed by atoms with Gasteiger partial charge in [0.2, 0.25) is 5.56 Å². The zero-order chi connectivity index (χ0) is 18.0. The minimum Gasteiger partial charge on any atom is -0.348 e. The standard InChI is InChI=1S/C18H15N3O4/c1-11-5-4-8-15(21(24)25)17(11)18(23)19-10-12-9-16(22)20-14-7-3-2-6-13(12)14/h2-9H,10H2,1H3,(H,19,23)(H,20,22). The van der Waals surface area contributed by atoms with E-state index in [0.717, 1.165) is 5.39 Å². The van der Waals surface area contributed by atoms with Crippen LogP contribution in [-0.4, -0.2) is 15.8 Å². The van der Waals surface area contributed by atoms with E-state index in [1.807, 2.05) is 12.1 Å². The summed E-state index contributed by atoms with van der Waals surface area (Å²) in [7, 11) is 0. The minimum atomic E-state index is -0.579. The summed E-state index contributed by atoms with van der Waals surface area (Å²) in [6, 6.07) is 13.1. The van der Waals surface area contributed by atoms with E-state index in [2.05, 4.69) is 10.3 Å². The third kappa shape index (κ3) is 3.25. The molecule has 0 bridgehead atoms. The number of aromatic nitrogens is 1. The fourth-order valence-electron chi connectivity index (χ4n) is 2.79. The number of H-pyrrole nitrogens is 1. The molecule has 0 radical (unpaired) electrons. The van der Waals surface area contributed by atoms with Crippen molar-refractivity contribution < 1.29 is 9.72 Å². The van der Waals surface area contributed by atoms with E-state index in [0.29, 0.717) is 16.6 Å². The number of nitrogens with one attached hydrogen (secondary N) is 2. The first-order valence-electron chi connectivity index (χ1n) is 7.60. The van der Waals surface area contributed by atoms with E-state index in [-0.39, 0.29) is 23.4 Å². The largest absolute Gasteiger partial charge is 0.348 e. The molecule has 25 heavy (non-hydrogen) atoms. The number of hydrogen-bond donors (Lipinski definition) is 2. The van der Waals surface area contributed by atoms with Gasteiger partial charge in [0.05, 0.1) is 4.92 Å². The van der Waals surface area contributed by atoms with Gasteiger partial charge in [-0.3, -0.25) is 19.7 Å². The van der Waals surface area contributed by atoms with Crippen LogP contribution in [0.15, 0.2) is 53.3 Å². The van der Waals surface area contributed by atoms with Gasteiger partial charge in [-0.15, -0.1) is 0 Å². The molecule has 0 saturated carbocycles. The number of para-hydroxylation sites is 1. The average Bonchev–Trinajstić information content (AvgIpc) is 2.58. The first-order valence-corrected chi connectivity index (χ1v) is 7.60. The van der Waals surface area contributed by atoms with Crippen LogP contribution in [-0.2, 0) is 6.54 Å². The smallest absolute Gasteiger partial charge is 0.282 e. The van der Waals surface area contributed by atoms with Crippen molar-refractivity contribution in [3.8, 4) is 0 Å². The lowest BCUT2D eigenvalue weighted by molar-refractivity contribution is -0.385. The third-order valence-corrected chi connectivity index (χ3v) is 3.95. The SMILES string of the molecule is Cc1cccc([N+](=O)[O-])c1C(=O)NCc1cc(=O)[nH]c2ccccc12. The molecule has 1 amide bonds. The lowest BCUT2D eigenvalue weighted by atomic mass is 10.1. The molecule has 0 atom stereocenters. The number of pyridine rings is 1. The van der Waals surface area contributed by atoms with Crippen LogP contribution in [0.3, 0.4) is 0 Å². The first-order chi connectivity index (χ1) is 12.0. The van der Waals surface area contributed by atoms with E-state index in [9.17, 15) is 19.7 Å². The maximum Gasteiger partial charge on any atom is 0.282 e. The normalized spacial score (nSPS) is 10.6. The summed E-state index contributed by atoms with van der Waals surface area (Å²) in [5, 5.41) is 14.6. The average molecular weight is 337 g/mol. The fourth-order valence-corrected chi connectivity index (χ4v) is 2.79. The number of benzene rings is 2. The number of nitro groups is 1. The quantitative estimate of drug-likeness (QED) is 0.564. The summed E-state index contributed by atoms with van der Waals surface area (Å²) < 4.78 is 0. The topological polar surface area (TPSA) is 105 Å². The Balaban J connectivity index is 1.92. The second-order valence-corrected chi connectivity index (χ2v) is 5.61. The molecule has 0 fully saturated rings. The van der Waals surface area contributed by atoms with Gasteiger partial charge >= 0.3 is 0 Å². The summed E-state index contributed by atoms with van der Waals surface area (Å²) in [6.45, 7) is 1.74. The van der Waals surface area contributed by atoms with Crippen molar-refractivity contribution in [2.45, 2.75) is 13.5 Å². The molecule has 0 aliphatic heterocycles. The molecule has 1 heterocycles. The molecule has 3 aromatic rings. The second-order valence-electron chi connectivity index (χ2n) is 5.61. The highest BCUT2D eigenvalue weighted by atomic mass is 16.6. The zero-order valence-corrected chi connectivity index (χ0v) is 13.4. The van der Waals surface area contributed by atoms with E-state index < -0.39 is 10.8 Å². The Kier molecular flexibility index (Phi) is 4.30. The summed E-state index contributed by atoms with van der Waals surface area (Å²) in [5.74, 6) is -0.547. The van der Waals surface area contributed by atoms with Gasteiger partial charge in [0.15, 0.2) is 0 Å². The highest BCUT2D eigenvalue weighted by molar-refractivity contribution is 5.99. The molecule has 0 saturated heterocycles. The Morgan fingerprint density at radius 2 is 1.96 bits per heavy atom. The molecule has 7 heteroatoms. The second kappa shape index (κ2) is 6.56. The van der Waals surface area contributed by atoms with Crippen molar-refractivity contribution in [2.75, 3.05) is 0 Å². The number of nitro benzene ring substituents is 1. The van der Waals surface area contributed by atoms with Crippen molar-refractivity contribution in [2.24, 2.45) is 0 Å². The molecular weight excluding hydrogens is 322 g/mol. The zero-order valence-electron chi connectivity index (χ0n) is 13.4. The molecule has 3 rings (SSSR count). The molecular formula is C18H15N3O4. The predicted octanol–water partition coefficient (Wildman–Crippen LogP) is 2.67. The van der Waals surface area contributed by atoms with Gasteiger partial charge in [0.25, 0.3) is 11.6 Å². The highest BCUT2D eigenvalue weighted by Crippen LogP contribution is 2.22. The van der Waals surface area contributed by atoms with Gasteiger partial charge in [-0.05, 0) is 24.1 Å². The van der Waals surface area contributed by atoms with Crippen LogP contribution in [0.2, 0.25) is 0 Å². The predicted molar refractivity (Wildman–Crippen MR) is 93.6 cm³/mol. The Morgan fingerprint density at radius 1 is 1.20 bits per heavy atom. The van der Waals surface area contributed by atoms with Crippen LogP contribution in [0.4, 0.5) is 5.69 Å². The van der Waals surface area contributed by atoms with Crippen molar-refractivity contribution in [1.82, 2.24) is 10.3 Å². The van der Waals surface area contributed by atoms with Crippen molar-refractivity contribution in [1.29, 1.82) is 0 Å². The Hall–Kier alpha value is -3.48. The van der Waals surface area contributed by atoms with Crippen LogP contribution >= 0.6 is 0 Å². The van der Waals surface area contributed by atoms with Gasteiger partial charge in [-0.1, -0.05) is 30.3 Å². The van der Waals surface area contributed by atoms with Crippen molar-refractivity contribution >= 4 is 22.5 Å². The molecule has 1 aromatic heterocycles. The maximum atomic E-state index is 12.5. The van der Waals surface area contributed by atoms with Crippen LogP contribution < -0.4 is 10.9 Å². The number of amides is 1. The highest BCUT2D eigenvalue weighted by Gasteiger charge is 2.22. The number of carbonyl (C=O) groups is 1. The lowest BCUT2D eigenvalue weighted by Gasteiger charge is -2.10.